The van der Waals surface area contributed by atoms with E-state index in [0.717, 1.165) is 17.0 Å². The Morgan fingerprint density at radius 1 is 1.25 bits per heavy atom. The molecule has 1 aromatic rings. The molecular formula is C13H14F3NO3. The van der Waals surface area contributed by atoms with Gasteiger partial charge in [-0.3, -0.25) is 9.59 Å². The van der Waals surface area contributed by atoms with Gasteiger partial charge in [0.1, 0.15) is 6.54 Å². The quantitative estimate of drug-likeness (QED) is 0.799. The first-order valence-electron chi connectivity index (χ1n) is 5.84. The van der Waals surface area contributed by atoms with Crippen LogP contribution in [0, 0.1) is 0 Å². The lowest BCUT2D eigenvalue weighted by Crippen LogP contribution is -2.34. The van der Waals surface area contributed by atoms with Gasteiger partial charge >= 0.3 is 12.1 Å². The van der Waals surface area contributed by atoms with Crippen molar-refractivity contribution in [1.29, 1.82) is 0 Å². The van der Waals surface area contributed by atoms with Crippen LogP contribution >= 0.6 is 0 Å². The number of ether oxygens (including phenoxy) is 1. The highest BCUT2D eigenvalue weighted by Gasteiger charge is 2.35. The van der Waals surface area contributed by atoms with Crippen LogP contribution in [0.4, 0.5) is 13.2 Å². The van der Waals surface area contributed by atoms with Crippen LogP contribution in [0.5, 0.6) is 0 Å². The van der Waals surface area contributed by atoms with Crippen LogP contribution in [-0.2, 0) is 15.7 Å². The van der Waals surface area contributed by atoms with Gasteiger partial charge in [-0.15, -0.1) is 0 Å². The van der Waals surface area contributed by atoms with Crippen LogP contribution in [0.3, 0.4) is 0 Å². The van der Waals surface area contributed by atoms with Crippen molar-refractivity contribution in [1.82, 2.24) is 4.90 Å². The highest BCUT2D eigenvalue weighted by atomic mass is 19.4. The summed E-state index contributed by atoms with van der Waals surface area (Å²) >= 11 is 0. The van der Waals surface area contributed by atoms with E-state index in [2.05, 4.69) is 4.74 Å². The molecule has 0 N–H and O–H groups in total. The molecule has 7 heteroatoms. The maximum Gasteiger partial charge on any atom is 0.417 e. The second-order valence-electron chi connectivity index (χ2n) is 4.01. The number of carbonyl (C=O) groups excluding carboxylic acids is 2. The zero-order valence-corrected chi connectivity index (χ0v) is 11.0. The molecule has 1 rings (SSSR count). The molecule has 0 aliphatic heterocycles. The molecule has 0 spiro atoms. The van der Waals surface area contributed by atoms with E-state index in [-0.39, 0.29) is 6.61 Å². The van der Waals surface area contributed by atoms with E-state index in [9.17, 15) is 22.8 Å². The first-order chi connectivity index (χ1) is 9.27. The molecule has 110 valence electrons. The highest BCUT2D eigenvalue weighted by Crippen LogP contribution is 2.32. The zero-order chi connectivity index (χ0) is 15.3. The molecule has 0 atom stereocenters. The Balaban J connectivity index is 2.95. The van der Waals surface area contributed by atoms with Crippen molar-refractivity contribution < 1.29 is 27.5 Å². The normalized spacial score (nSPS) is 11.1. The smallest absolute Gasteiger partial charge is 0.417 e. The van der Waals surface area contributed by atoms with E-state index in [1.165, 1.54) is 19.2 Å². The van der Waals surface area contributed by atoms with Gasteiger partial charge in [0.25, 0.3) is 5.91 Å². The third-order valence-electron chi connectivity index (χ3n) is 2.48. The average Bonchev–Trinajstić information content (AvgIpc) is 2.37. The van der Waals surface area contributed by atoms with Gasteiger partial charge < -0.3 is 9.64 Å². The minimum atomic E-state index is -4.63. The predicted molar refractivity (Wildman–Crippen MR) is 65.0 cm³/mol. The maximum atomic E-state index is 12.8. The summed E-state index contributed by atoms with van der Waals surface area (Å²) in [6, 6.07) is 4.43. The van der Waals surface area contributed by atoms with Crippen LogP contribution in [0.2, 0.25) is 0 Å². The van der Waals surface area contributed by atoms with Gasteiger partial charge in [-0.1, -0.05) is 12.1 Å². The van der Waals surface area contributed by atoms with Crippen molar-refractivity contribution in [2.75, 3.05) is 20.2 Å². The van der Waals surface area contributed by atoms with Gasteiger partial charge in [-0.25, -0.2) is 0 Å². The fraction of sp³-hybridized carbons (Fsp3) is 0.385. The average molecular weight is 289 g/mol. The van der Waals surface area contributed by atoms with Crippen molar-refractivity contribution in [3.8, 4) is 0 Å². The Morgan fingerprint density at radius 2 is 1.85 bits per heavy atom. The van der Waals surface area contributed by atoms with E-state index in [4.69, 9.17) is 0 Å². The SMILES string of the molecule is CCOC(=O)CN(C)C(=O)c1ccccc1C(F)(F)F. The number of hydrogen-bond donors (Lipinski definition) is 0. The van der Waals surface area contributed by atoms with Crippen LogP contribution in [0.25, 0.3) is 0 Å². The number of rotatable bonds is 4. The minimum absolute atomic E-state index is 0.139. The van der Waals surface area contributed by atoms with Crippen LogP contribution in [0.1, 0.15) is 22.8 Å². The fourth-order valence-corrected chi connectivity index (χ4v) is 1.59. The van der Waals surface area contributed by atoms with Gasteiger partial charge in [0.2, 0.25) is 0 Å². The summed E-state index contributed by atoms with van der Waals surface area (Å²) in [4.78, 5) is 24.1. The van der Waals surface area contributed by atoms with E-state index >= 15 is 0 Å². The minimum Gasteiger partial charge on any atom is -0.465 e. The number of carbonyl (C=O) groups is 2. The molecule has 0 heterocycles. The topological polar surface area (TPSA) is 46.6 Å². The molecular weight excluding hydrogens is 275 g/mol. The molecule has 20 heavy (non-hydrogen) atoms. The van der Waals surface area contributed by atoms with Crippen LogP contribution in [0.15, 0.2) is 24.3 Å². The lowest BCUT2D eigenvalue weighted by molar-refractivity contribution is -0.143. The number of halogens is 3. The number of hydrogen-bond acceptors (Lipinski definition) is 3. The molecule has 0 saturated heterocycles. The fourth-order valence-electron chi connectivity index (χ4n) is 1.59. The van der Waals surface area contributed by atoms with E-state index in [1.54, 1.807) is 6.92 Å². The van der Waals surface area contributed by atoms with Crippen molar-refractivity contribution in [2.45, 2.75) is 13.1 Å². The number of alkyl halides is 3. The molecule has 1 aromatic carbocycles. The second-order valence-corrected chi connectivity index (χ2v) is 4.01. The highest BCUT2D eigenvalue weighted by molar-refractivity contribution is 5.97. The summed E-state index contributed by atoms with van der Waals surface area (Å²) in [6.45, 7) is 1.33. The summed E-state index contributed by atoms with van der Waals surface area (Å²) in [5.74, 6) is -1.56. The largest absolute Gasteiger partial charge is 0.465 e. The van der Waals surface area contributed by atoms with Gasteiger partial charge in [0, 0.05) is 7.05 Å². The number of nitrogens with zero attached hydrogens (tertiary/aromatic N) is 1. The molecule has 0 aliphatic rings. The summed E-state index contributed by atoms with van der Waals surface area (Å²) in [6.07, 6.45) is -4.63. The summed E-state index contributed by atoms with van der Waals surface area (Å²) in [5, 5.41) is 0. The van der Waals surface area contributed by atoms with E-state index < -0.39 is 35.7 Å². The molecule has 0 aliphatic carbocycles. The Morgan fingerprint density at radius 3 is 2.40 bits per heavy atom. The van der Waals surface area contributed by atoms with Gasteiger partial charge in [0.15, 0.2) is 0 Å². The van der Waals surface area contributed by atoms with Crippen LogP contribution < -0.4 is 0 Å². The summed E-state index contributed by atoms with van der Waals surface area (Å²) < 4.78 is 43.0. The lowest BCUT2D eigenvalue weighted by Gasteiger charge is -2.19. The van der Waals surface area contributed by atoms with E-state index in [0.29, 0.717) is 0 Å². The van der Waals surface area contributed by atoms with Crippen molar-refractivity contribution in [3.63, 3.8) is 0 Å². The molecule has 0 unspecified atom stereocenters. The molecule has 0 saturated carbocycles. The van der Waals surface area contributed by atoms with Crippen molar-refractivity contribution in [2.24, 2.45) is 0 Å². The first kappa shape index (κ1) is 16.0. The second kappa shape index (κ2) is 6.40. The van der Waals surface area contributed by atoms with Gasteiger partial charge in [-0.05, 0) is 19.1 Å². The third kappa shape index (κ3) is 3.97. The molecule has 4 nitrogen and oxygen atoms in total. The van der Waals surface area contributed by atoms with Gasteiger partial charge in [-0.2, -0.15) is 13.2 Å². The lowest BCUT2D eigenvalue weighted by atomic mass is 10.1. The monoisotopic (exact) mass is 289 g/mol. The molecule has 0 radical (unpaired) electrons. The Kier molecular flexibility index (Phi) is 5.12. The van der Waals surface area contributed by atoms with E-state index in [1.807, 2.05) is 0 Å². The summed E-state index contributed by atoms with van der Waals surface area (Å²) in [5.41, 5.74) is -1.52. The maximum absolute atomic E-state index is 12.8. The summed E-state index contributed by atoms with van der Waals surface area (Å²) in [7, 11) is 1.24. The van der Waals surface area contributed by atoms with Crippen molar-refractivity contribution in [3.05, 3.63) is 35.4 Å². The van der Waals surface area contributed by atoms with Gasteiger partial charge in [0.05, 0.1) is 17.7 Å². The first-order valence-corrected chi connectivity index (χ1v) is 5.84. The Bertz CT molecular complexity index is 500. The number of esters is 1. The number of amides is 1. The molecule has 0 aromatic heterocycles. The van der Waals surface area contributed by atoms with Crippen molar-refractivity contribution >= 4 is 11.9 Å². The zero-order valence-electron chi connectivity index (χ0n) is 11.0. The molecule has 0 bridgehead atoms. The van der Waals surface area contributed by atoms with Crippen LogP contribution in [-0.4, -0.2) is 37.0 Å². The number of benzene rings is 1. The molecule has 1 amide bonds. The standard InChI is InChI=1S/C13H14F3NO3/c1-3-20-11(18)8-17(2)12(19)9-6-4-5-7-10(9)13(14,15)16/h4-7H,3,8H2,1-2H3. The number of likely N-dealkylation sites (N-methyl/N-ethyl adjacent to an activating group) is 1. The third-order valence-corrected chi connectivity index (χ3v) is 2.48. The molecule has 0 fully saturated rings. The Hall–Kier alpha value is -2.05. The predicted octanol–water partition coefficient (Wildman–Crippen LogP) is 2.34. The Labute approximate surface area is 114 Å².